The second kappa shape index (κ2) is 8.70. The molecule has 25 heavy (non-hydrogen) atoms. The summed E-state index contributed by atoms with van der Waals surface area (Å²) in [5, 5.41) is 6.77. The smallest absolute Gasteiger partial charge is 0.226 e. The molecule has 5 heteroatoms. The number of guanidine groups is 1. The van der Waals surface area contributed by atoms with Gasteiger partial charge in [-0.05, 0) is 36.8 Å². The normalized spacial score (nSPS) is 21.1. The van der Waals surface area contributed by atoms with Gasteiger partial charge in [-0.2, -0.15) is 0 Å². The van der Waals surface area contributed by atoms with Crippen molar-refractivity contribution in [3.05, 3.63) is 42.3 Å². The van der Waals surface area contributed by atoms with Crippen molar-refractivity contribution in [3.63, 3.8) is 0 Å². The highest BCUT2D eigenvalue weighted by Crippen LogP contribution is 2.27. The van der Waals surface area contributed by atoms with Crippen molar-refractivity contribution >= 4 is 5.96 Å². The Labute approximate surface area is 150 Å². The van der Waals surface area contributed by atoms with Crippen molar-refractivity contribution in [1.29, 1.82) is 0 Å². The number of nitrogens with zero attached hydrogens (tertiary/aromatic N) is 2. The first kappa shape index (κ1) is 17.5. The predicted molar refractivity (Wildman–Crippen MR) is 101 cm³/mol. The molecule has 0 spiro atoms. The number of rotatable bonds is 5. The van der Waals surface area contributed by atoms with Crippen LogP contribution in [0.2, 0.25) is 0 Å². The molecule has 0 saturated heterocycles. The lowest BCUT2D eigenvalue weighted by Crippen LogP contribution is -2.40. The monoisotopic (exact) mass is 340 g/mol. The highest BCUT2D eigenvalue weighted by molar-refractivity contribution is 5.79. The van der Waals surface area contributed by atoms with E-state index >= 15 is 0 Å². The molecule has 5 nitrogen and oxygen atoms in total. The third-order valence-electron chi connectivity index (χ3n) is 4.84. The molecule has 1 aliphatic rings. The number of aliphatic imine (C=N–C) groups is 1. The van der Waals surface area contributed by atoms with Gasteiger partial charge in [0.15, 0.2) is 5.96 Å². The Bertz CT molecular complexity index is 680. The lowest BCUT2D eigenvalue weighted by molar-refractivity contribution is 0.282. The summed E-state index contributed by atoms with van der Waals surface area (Å²) in [4.78, 5) is 8.84. The van der Waals surface area contributed by atoms with E-state index in [0.717, 1.165) is 35.6 Å². The topological polar surface area (TPSA) is 62.5 Å². The first-order chi connectivity index (χ1) is 12.2. The van der Waals surface area contributed by atoms with Gasteiger partial charge in [-0.15, -0.1) is 0 Å². The highest BCUT2D eigenvalue weighted by atomic mass is 16.3. The fourth-order valence-corrected chi connectivity index (χ4v) is 3.48. The second-order valence-electron chi connectivity index (χ2n) is 6.95. The van der Waals surface area contributed by atoms with E-state index in [9.17, 15) is 0 Å². The van der Waals surface area contributed by atoms with E-state index in [0.29, 0.717) is 12.4 Å². The maximum absolute atomic E-state index is 5.57. The van der Waals surface area contributed by atoms with Gasteiger partial charge in [-0.3, -0.25) is 4.99 Å². The van der Waals surface area contributed by atoms with Crippen molar-refractivity contribution < 1.29 is 4.42 Å². The first-order valence-corrected chi connectivity index (χ1v) is 9.19. The predicted octanol–water partition coefficient (Wildman–Crippen LogP) is 3.83. The van der Waals surface area contributed by atoms with Crippen molar-refractivity contribution in [1.82, 2.24) is 15.6 Å². The van der Waals surface area contributed by atoms with E-state index in [1.807, 2.05) is 30.3 Å². The lowest BCUT2D eigenvalue weighted by Gasteiger charge is -2.27. The number of oxazole rings is 1. The zero-order valence-corrected chi connectivity index (χ0v) is 15.2. The molecule has 0 bridgehead atoms. The number of hydrogen-bond acceptors (Lipinski definition) is 3. The molecular weight excluding hydrogens is 312 g/mol. The first-order valence-electron chi connectivity index (χ1n) is 9.19. The summed E-state index contributed by atoms with van der Waals surface area (Å²) in [5.74, 6) is 3.07. The molecule has 0 aliphatic heterocycles. The van der Waals surface area contributed by atoms with Crippen LogP contribution in [-0.4, -0.2) is 24.5 Å². The summed E-state index contributed by atoms with van der Waals surface area (Å²) in [7, 11) is 1.80. The van der Waals surface area contributed by atoms with E-state index in [-0.39, 0.29) is 0 Å². The zero-order valence-electron chi connectivity index (χ0n) is 15.2. The quantitative estimate of drug-likeness (QED) is 0.641. The molecule has 1 aliphatic carbocycles. The zero-order chi connectivity index (χ0) is 17.5. The summed E-state index contributed by atoms with van der Waals surface area (Å²) in [6.07, 6.45) is 7.05. The summed E-state index contributed by atoms with van der Waals surface area (Å²) >= 11 is 0. The van der Waals surface area contributed by atoms with Crippen molar-refractivity contribution in [3.8, 4) is 11.5 Å². The van der Waals surface area contributed by atoms with E-state index in [2.05, 4.69) is 27.5 Å². The summed E-state index contributed by atoms with van der Waals surface area (Å²) in [5.41, 5.74) is 1.86. The molecule has 2 aromatic rings. The SMILES string of the molecule is CN=C(NCc1coc(-c2ccccc2)n1)NCC1CCCC(C)C1. The lowest BCUT2D eigenvalue weighted by atomic mass is 9.82. The van der Waals surface area contributed by atoms with Gasteiger partial charge >= 0.3 is 0 Å². The largest absolute Gasteiger partial charge is 0.444 e. The Kier molecular flexibility index (Phi) is 6.09. The molecule has 1 saturated carbocycles. The van der Waals surface area contributed by atoms with Crippen LogP contribution in [0.4, 0.5) is 0 Å². The molecule has 1 aromatic heterocycles. The van der Waals surface area contributed by atoms with Crippen LogP contribution in [-0.2, 0) is 6.54 Å². The molecule has 0 amide bonds. The Morgan fingerprint density at radius 2 is 2.08 bits per heavy atom. The van der Waals surface area contributed by atoms with E-state index < -0.39 is 0 Å². The van der Waals surface area contributed by atoms with Gasteiger partial charge in [0.1, 0.15) is 6.26 Å². The molecular formula is C20H28N4O. The van der Waals surface area contributed by atoms with Crippen LogP contribution in [0, 0.1) is 11.8 Å². The second-order valence-corrected chi connectivity index (χ2v) is 6.95. The standard InChI is InChI=1S/C20H28N4O/c1-15-7-6-8-16(11-15)12-22-20(21-2)23-13-18-14-25-19(24-18)17-9-4-3-5-10-17/h3-5,9-10,14-16H,6-8,11-13H2,1-2H3,(H2,21,22,23). The summed E-state index contributed by atoms with van der Waals surface area (Å²) < 4.78 is 5.57. The molecule has 2 atom stereocenters. The number of nitrogens with one attached hydrogen (secondary N) is 2. The van der Waals surface area contributed by atoms with Crippen molar-refractivity contribution in [2.75, 3.05) is 13.6 Å². The minimum atomic E-state index is 0.594. The summed E-state index contributed by atoms with van der Waals surface area (Å²) in [6, 6.07) is 9.94. The van der Waals surface area contributed by atoms with E-state index in [1.54, 1.807) is 13.3 Å². The average Bonchev–Trinajstić information content (AvgIpc) is 3.12. The Hall–Kier alpha value is -2.30. The van der Waals surface area contributed by atoms with Crippen LogP contribution in [0.1, 0.15) is 38.3 Å². The highest BCUT2D eigenvalue weighted by Gasteiger charge is 2.18. The maximum atomic E-state index is 5.57. The Morgan fingerprint density at radius 3 is 2.84 bits per heavy atom. The molecule has 1 fully saturated rings. The van der Waals surface area contributed by atoms with Crippen LogP contribution >= 0.6 is 0 Å². The number of hydrogen-bond donors (Lipinski definition) is 2. The fraction of sp³-hybridized carbons (Fsp3) is 0.500. The maximum Gasteiger partial charge on any atom is 0.226 e. The molecule has 3 rings (SSSR count). The molecule has 134 valence electrons. The third kappa shape index (κ3) is 5.08. The van der Waals surface area contributed by atoms with Gasteiger partial charge in [0.2, 0.25) is 5.89 Å². The van der Waals surface area contributed by atoms with Gasteiger partial charge in [-0.25, -0.2) is 4.98 Å². The van der Waals surface area contributed by atoms with Crippen LogP contribution in [0.25, 0.3) is 11.5 Å². The van der Waals surface area contributed by atoms with Gasteiger partial charge in [0.05, 0.1) is 12.2 Å². The molecule has 0 radical (unpaired) electrons. The van der Waals surface area contributed by atoms with E-state index in [1.165, 1.54) is 25.7 Å². The molecule has 1 aromatic carbocycles. The van der Waals surface area contributed by atoms with Gasteiger partial charge in [0, 0.05) is 19.2 Å². The van der Waals surface area contributed by atoms with Crippen LogP contribution in [0.15, 0.2) is 46.0 Å². The number of aromatic nitrogens is 1. The van der Waals surface area contributed by atoms with Crippen molar-refractivity contribution in [2.45, 2.75) is 39.2 Å². The van der Waals surface area contributed by atoms with Crippen LogP contribution < -0.4 is 10.6 Å². The molecule has 2 N–H and O–H groups in total. The van der Waals surface area contributed by atoms with E-state index in [4.69, 9.17) is 4.42 Å². The minimum Gasteiger partial charge on any atom is -0.444 e. The Balaban J connectivity index is 1.47. The van der Waals surface area contributed by atoms with Gasteiger partial charge < -0.3 is 15.1 Å². The minimum absolute atomic E-state index is 0.594. The molecule has 1 heterocycles. The van der Waals surface area contributed by atoms with Gasteiger partial charge in [-0.1, -0.05) is 38.0 Å². The number of benzene rings is 1. The van der Waals surface area contributed by atoms with Crippen molar-refractivity contribution in [2.24, 2.45) is 16.8 Å². The fourth-order valence-electron chi connectivity index (χ4n) is 3.48. The van der Waals surface area contributed by atoms with Crippen LogP contribution in [0.3, 0.4) is 0 Å². The Morgan fingerprint density at radius 1 is 1.24 bits per heavy atom. The molecule has 2 unspecified atom stereocenters. The summed E-state index contributed by atoms with van der Waals surface area (Å²) in [6.45, 7) is 3.93. The third-order valence-corrected chi connectivity index (χ3v) is 4.84. The average molecular weight is 340 g/mol. The van der Waals surface area contributed by atoms with Gasteiger partial charge in [0.25, 0.3) is 0 Å². The van der Waals surface area contributed by atoms with Crippen LogP contribution in [0.5, 0.6) is 0 Å².